The van der Waals surface area contributed by atoms with E-state index in [-0.39, 0.29) is 6.10 Å². The zero-order valence-corrected chi connectivity index (χ0v) is 12.1. The number of hydrogen-bond acceptors (Lipinski definition) is 5. The number of ether oxygens (including phenoxy) is 1. The number of aromatic nitrogens is 2. The maximum Gasteiger partial charge on any atom is 0.240 e. The van der Waals surface area contributed by atoms with Gasteiger partial charge in [-0.05, 0) is 26.2 Å². The molecule has 0 aromatic carbocycles. The summed E-state index contributed by atoms with van der Waals surface area (Å²) in [5.74, 6) is 1.60. The quantitative estimate of drug-likeness (QED) is 0.774. The van der Waals surface area contributed by atoms with Gasteiger partial charge in [-0.3, -0.25) is 0 Å². The Bertz CT molecular complexity index is 339. The van der Waals surface area contributed by atoms with Crippen LogP contribution in [-0.4, -0.2) is 22.8 Å². The van der Waals surface area contributed by atoms with Crippen LogP contribution < -0.4 is 5.32 Å². The Morgan fingerprint density at radius 1 is 1.28 bits per heavy atom. The molecular formula is C13H25N3O2. The molecule has 1 aromatic heterocycles. The zero-order chi connectivity index (χ0) is 13.5. The van der Waals surface area contributed by atoms with Gasteiger partial charge in [-0.2, -0.15) is 4.98 Å². The fourth-order valence-electron chi connectivity index (χ4n) is 1.61. The van der Waals surface area contributed by atoms with Gasteiger partial charge in [0, 0.05) is 12.6 Å². The summed E-state index contributed by atoms with van der Waals surface area (Å²) in [6.45, 7) is 11.7. The van der Waals surface area contributed by atoms with Crippen molar-refractivity contribution in [3.8, 4) is 0 Å². The van der Waals surface area contributed by atoms with Crippen LogP contribution in [0, 0.1) is 5.92 Å². The Balaban J connectivity index is 2.60. The van der Waals surface area contributed by atoms with Crippen LogP contribution in [0.5, 0.6) is 0 Å². The van der Waals surface area contributed by atoms with E-state index in [4.69, 9.17) is 9.26 Å². The van der Waals surface area contributed by atoms with Crippen LogP contribution in [-0.2, 0) is 11.3 Å². The van der Waals surface area contributed by atoms with E-state index in [1.165, 1.54) is 0 Å². The van der Waals surface area contributed by atoms with Gasteiger partial charge in [0.05, 0.1) is 6.54 Å². The summed E-state index contributed by atoms with van der Waals surface area (Å²) in [6.07, 6.45) is 0.991. The SMILES string of the molecule is CCOC(c1noc(CNC(C)CC)n1)C(C)C. The maximum absolute atomic E-state index is 5.64. The first kappa shape index (κ1) is 15.1. The van der Waals surface area contributed by atoms with Gasteiger partial charge in [0.1, 0.15) is 6.10 Å². The lowest BCUT2D eigenvalue weighted by molar-refractivity contribution is 0.0217. The molecular weight excluding hydrogens is 230 g/mol. The highest BCUT2D eigenvalue weighted by Gasteiger charge is 2.22. The first-order valence-corrected chi connectivity index (χ1v) is 6.75. The van der Waals surface area contributed by atoms with Gasteiger partial charge in [-0.1, -0.05) is 25.9 Å². The molecule has 0 aliphatic heterocycles. The second-order valence-electron chi connectivity index (χ2n) is 4.86. The van der Waals surface area contributed by atoms with Gasteiger partial charge in [0.25, 0.3) is 0 Å². The van der Waals surface area contributed by atoms with Crippen LogP contribution >= 0.6 is 0 Å². The minimum absolute atomic E-state index is 0.0869. The Labute approximate surface area is 109 Å². The Morgan fingerprint density at radius 2 is 2.00 bits per heavy atom. The minimum atomic E-state index is -0.0869. The van der Waals surface area contributed by atoms with Crippen LogP contribution in [0.3, 0.4) is 0 Å². The molecule has 2 unspecified atom stereocenters. The van der Waals surface area contributed by atoms with Crippen LogP contribution in [0.25, 0.3) is 0 Å². The second-order valence-corrected chi connectivity index (χ2v) is 4.86. The monoisotopic (exact) mass is 255 g/mol. The molecule has 5 nitrogen and oxygen atoms in total. The summed E-state index contributed by atoms with van der Waals surface area (Å²) in [6, 6.07) is 0.452. The summed E-state index contributed by atoms with van der Waals surface area (Å²) >= 11 is 0. The van der Waals surface area contributed by atoms with Gasteiger partial charge in [-0.25, -0.2) is 0 Å². The topological polar surface area (TPSA) is 60.2 Å². The first-order valence-electron chi connectivity index (χ1n) is 6.75. The van der Waals surface area contributed by atoms with E-state index in [0.717, 1.165) is 6.42 Å². The lowest BCUT2D eigenvalue weighted by Crippen LogP contribution is -2.24. The summed E-state index contributed by atoms with van der Waals surface area (Å²) in [5, 5.41) is 7.33. The standard InChI is InChI=1S/C13H25N3O2/c1-6-10(5)14-8-11-15-13(16-18-11)12(9(3)4)17-7-2/h9-10,12,14H,6-8H2,1-5H3. The number of rotatable bonds is 8. The third kappa shape index (κ3) is 4.38. The lowest BCUT2D eigenvalue weighted by Gasteiger charge is -2.16. The number of nitrogens with one attached hydrogen (secondary N) is 1. The zero-order valence-electron chi connectivity index (χ0n) is 12.1. The van der Waals surface area contributed by atoms with Crippen LogP contribution in [0.4, 0.5) is 0 Å². The van der Waals surface area contributed by atoms with E-state index in [9.17, 15) is 0 Å². The molecule has 0 saturated carbocycles. The summed E-state index contributed by atoms with van der Waals surface area (Å²) in [5.41, 5.74) is 0. The predicted octanol–water partition coefficient (Wildman–Crippen LogP) is 2.69. The molecule has 0 aliphatic carbocycles. The molecule has 104 valence electrons. The Hall–Kier alpha value is -0.940. The molecule has 18 heavy (non-hydrogen) atoms. The van der Waals surface area contributed by atoms with E-state index in [1.807, 2.05) is 6.92 Å². The fraction of sp³-hybridized carbons (Fsp3) is 0.846. The van der Waals surface area contributed by atoms with Crippen LogP contribution in [0.15, 0.2) is 4.52 Å². The molecule has 1 heterocycles. The molecule has 1 rings (SSSR count). The number of hydrogen-bond donors (Lipinski definition) is 1. The maximum atomic E-state index is 5.64. The molecule has 1 aromatic rings. The van der Waals surface area contributed by atoms with Crippen molar-refractivity contribution in [2.24, 2.45) is 5.92 Å². The van der Waals surface area contributed by atoms with Crippen molar-refractivity contribution in [2.75, 3.05) is 6.61 Å². The van der Waals surface area contributed by atoms with Crippen molar-refractivity contribution >= 4 is 0 Å². The molecule has 0 bridgehead atoms. The predicted molar refractivity (Wildman–Crippen MR) is 70.1 cm³/mol. The summed E-state index contributed by atoms with van der Waals surface area (Å²) < 4.78 is 10.9. The smallest absolute Gasteiger partial charge is 0.240 e. The Morgan fingerprint density at radius 3 is 2.56 bits per heavy atom. The molecule has 1 N–H and O–H groups in total. The molecule has 2 atom stereocenters. The van der Waals surface area contributed by atoms with Crippen molar-refractivity contribution in [3.63, 3.8) is 0 Å². The van der Waals surface area contributed by atoms with E-state index >= 15 is 0 Å². The highest BCUT2D eigenvalue weighted by molar-refractivity contribution is 4.92. The molecule has 0 aliphatic rings. The first-order chi connectivity index (χ1) is 8.58. The van der Waals surface area contributed by atoms with Crippen molar-refractivity contribution in [1.82, 2.24) is 15.5 Å². The highest BCUT2D eigenvalue weighted by atomic mass is 16.5. The van der Waals surface area contributed by atoms with Crippen molar-refractivity contribution < 1.29 is 9.26 Å². The average Bonchev–Trinajstić information content (AvgIpc) is 2.80. The fourth-order valence-corrected chi connectivity index (χ4v) is 1.61. The van der Waals surface area contributed by atoms with E-state index in [0.29, 0.717) is 36.8 Å². The molecule has 0 fully saturated rings. The van der Waals surface area contributed by atoms with Crippen molar-refractivity contribution in [1.29, 1.82) is 0 Å². The van der Waals surface area contributed by atoms with Gasteiger partial charge < -0.3 is 14.6 Å². The van der Waals surface area contributed by atoms with Crippen molar-refractivity contribution in [2.45, 2.75) is 59.7 Å². The summed E-state index contributed by atoms with van der Waals surface area (Å²) in [4.78, 5) is 4.39. The van der Waals surface area contributed by atoms with Gasteiger partial charge in [0.2, 0.25) is 11.7 Å². The number of nitrogens with zero attached hydrogens (tertiary/aromatic N) is 2. The van der Waals surface area contributed by atoms with Gasteiger partial charge in [0.15, 0.2) is 0 Å². The van der Waals surface area contributed by atoms with Crippen LogP contribution in [0.2, 0.25) is 0 Å². The molecule has 0 spiro atoms. The molecule has 0 saturated heterocycles. The normalized spacial score (nSPS) is 15.0. The van der Waals surface area contributed by atoms with E-state index in [2.05, 4.69) is 43.2 Å². The third-order valence-corrected chi connectivity index (χ3v) is 2.90. The molecule has 0 radical (unpaired) electrons. The van der Waals surface area contributed by atoms with Gasteiger partial charge >= 0.3 is 0 Å². The molecule has 0 amide bonds. The van der Waals surface area contributed by atoms with Crippen LogP contribution in [0.1, 0.15) is 58.9 Å². The second kappa shape index (κ2) is 7.48. The average molecular weight is 255 g/mol. The molecule has 5 heteroatoms. The third-order valence-electron chi connectivity index (χ3n) is 2.90. The Kier molecular flexibility index (Phi) is 6.29. The highest BCUT2D eigenvalue weighted by Crippen LogP contribution is 2.23. The minimum Gasteiger partial charge on any atom is -0.370 e. The van der Waals surface area contributed by atoms with Gasteiger partial charge in [-0.15, -0.1) is 0 Å². The van der Waals surface area contributed by atoms with E-state index in [1.54, 1.807) is 0 Å². The largest absolute Gasteiger partial charge is 0.370 e. The van der Waals surface area contributed by atoms with Crippen molar-refractivity contribution in [3.05, 3.63) is 11.7 Å². The lowest BCUT2D eigenvalue weighted by atomic mass is 10.1. The summed E-state index contributed by atoms with van der Waals surface area (Å²) in [7, 11) is 0. The van der Waals surface area contributed by atoms with E-state index < -0.39 is 0 Å².